The number of anilines is 2. The molecule has 0 aliphatic heterocycles. The van der Waals surface area contributed by atoms with Gasteiger partial charge in [0.1, 0.15) is 16.9 Å². The third-order valence-electron chi connectivity index (χ3n) is 4.61. The average molecular weight is 506 g/mol. The Morgan fingerprint density at radius 3 is 2.55 bits per heavy atom. The van der Waals surface area contributed by atoms with Crippen molar-refractivity contribution in [2.45, 2.75) is 26.3 Å². The molecule has 0 aliphatic rings. The number of aromatic nitrogens is 2. The van der Waals surface area contributed by atoms with Crippen LogP contribution in [-0.2, 0) is 4.79 Å². The van der Waals surface area contributed by atoms with Crippen LogP contribution in [-0.4, -0.2) is 28.2 Å². The average Bonchev–Trinajstić information content (AvgIpc) is 3.20. The van der Waals surface area contributed by atoms with Gasteiger partial charge in [-0.15, -0.1) is 10.2 Å². The van der Waals surface area contributed by atoms with Crippen molar-refractivity contribution in [3.63, 3.8) is 0 Å². The number of halogens is 2. The van der Waals surface area contributed by atoms with Crippen LogP contribution in [0.4, 0.5) is 20.0 Å². The molecule has 1 aromatic heterocycles. The fourth-order valence-corrected chi connectivity index (χ4v) is 3.89. The van der Waals surface area contributed by atoms with E-state index >= 15 is 0 Å². The molecule has 0 aliphatic carbocycles. The van der Waals surface area contributed by atoms with Crippen LogP contribution in [0.15, 0.2) is 53.0 Å². The molecule has 0 fully saturated rings. The lowest BCUT2D eigenvalue weighted by atomic mass is 9.98. The second-order valence-electron chi connectivity index (χ2n) is 6.88. The molecule has 2 aromatic carbocycles. The van der Waals surface area contributed by atoms with Crippen LogP contribution in [0.2, 0.25) is 0 Å². The summed E-state index contributed by atoms with van der Waals surface area (Å²) >= 11 is 4.52. The van der Waals surface area contributed by atoms with Gasteiger partial charge in [0.2, 0.25) is 11.0 Å². The SMILES string of the molecule is CC[C@@H](C)[C@@H](NC(=O)Nc1cccc(Br)c1)C(=O)Nc1nnc(-c2ccc(F)cc2)s1. The third kappa shape index (κ3) is 6.31. The van der Waals surface area contributed by atoms with Crippen molar-refractivity contribution in [3.8, 4) is 10.6 Å². The summed E-state index contributed by atoms with van der Waals surface area (Å²) in [5, 5.41) is 17.1. The topological polar surface area (TPSA) is 96.0 Å². The van der Waals surface area contributed by atoms with Gasteiger partial charge in [0, 0.05) is 15.7 Å². The summed E-state index contributed by atoms with van der Waals surface area (Å²) in [6, 6.07) is 11.8. The number of amides is 3. The van der Waals surface area contributed by atoms with E-state index in [1.165, 1.54) is 23.5 Å². The van der Waals surface area contributed by atoms with Gasteiger partial charge in [-0.2, -0.15) is 0 Å². The van der Waals surface area contributed by atoms with Crippen molar-refractivity contribution in [2.75, 3.05) is 10.6 Å². The van der Waals surface area contributed by atoms with Gasteiger partial charge < -0.3 is 10.6 Å². The van der Waals surface area contributed by atoms with E-state index in [1.54, 1.807) is 30.3 Å². The Morgan fingerprint density at radius 2 is 1.87 bits per heavy atom. The number of benzene rings is 2. The summed E-state index contributed by atoms with van der Waals surface area (Å²) in [7, 11) is 0. The standard InChI is InChI=1S/C21H21BrFN5O2S/c1-3-12(2)17(25-20(30)24-16-6-4-5-14(22)11-16)18(29)26-21-28-27-19(31-21)13-7-9-15(23)10-8-13/h4-12,17H,3H2,1-2H3,(H2,24,25,30)(H,26,28,29)/t12-,17-/m1/s1. The number of carbonyl (C=O) groups excluding carboxylic acids is 2. The number of hydrogen-bond donors (Lipinski definition) is 3. The second kappa shape index (κ2) is 10.5. The minimum absolute atomic E-state index is 0.113. The number of nitrogens with one attached hydrogen (secondary N) is 3. The van der Waals surface area contributed by atoms with Gasteiger partial charge in [-0.05, 0) is 48.4 Å². The predicted octanol–water partition coefficient (Wildman–Crippen LogP) is 5.28. The van der Waals surface area contributed by atoms with Crippen LogP contribution in [0.5, 0.6) is 0 Å². The minimum Gasteiger partial charge on any atom is -0.326 e. The summed E-state index contributed by atoms with van der Waals surface area (Å²) in [5.74, 6) is -0.844. The summed E-state index contributed by atoms with van der Waals surface area (Å²) in [6.07, 6.45) is 0.687. The highest BCUT2D eigenvalue weighted by molar-refractivity contribution is 9.10. The normalized spacial score (nSPS) is 12.6. The minimum atomic E-state index is -0.768. The van der Waals surface area contributed by atoms with E-state index in [-0.39, 0.29) is 17.6 Å². The summed E-state index contributed by atoms with van der Waals surface area (Å²) < 4.78 is 13.9. The molecule has 0 saturated carbocycles. The van der Waals surface area contributed by atoms with Gasteiger partial charge in [-0.3, -0.25) is 10.1 Å². The fourth-order valence-electron chi connectivity index (χ4n) is 2.74. The number of urea groups is 1. The first-order valence-corrected chi connectivity index (χ1v) is 11.2. The van der Waals surface area contributed by atoms with Crippen LogP contribution >= 0.6 is 27.3 Å². The van der Waals surface area contributed by atoms with Crippen LogP contribution < -0.4 is 16.0 Å². The van der Waals surface area contributed by atoms with Gasteiger partial charge in [-0.1, -0.05) is 53.6 Å². The maximum Gasteiger partial charge on any atom is 0.319 e. The van der Waals surface area contributed by atoms with E-state index in [9.17, 15) is 14.0 Å². The molecule has 162 valence electrons. The monoisotopic (exact) mass is 505 g/mol. The first-order chi connectivity index (χ1) is 14.9. The molecule has 3 rings (SSSR count). The lowest BCUT2D eigenvalue weighted by molar-refractivity contribution is -0.119. The summed E-state index contributed by atoms with van der Waals surface area (Å²) in [5.41, 5.74) is 1.30. The van der Waals surface area contributed by atoms with Crippen molar-refractivity contribution in [1.82, 2.24) is 15.5 Å². The zero-order chi connectivity index (χ0) is 22.4. The summed E-state index contributed by atoms with van der Waals surface area (Å²) in [4.78, 5) is 25.3. The molecule has 3 amide bonds. The number of rotatable bonds is 7. The second-order valence-corrected chi connectivity index (χ2v) is 8.77. The first-order valence-electron chi connectivity index (χ1n) is 9.59. The Labute approximate surface area is 191 Å². The molecule has 3 N–H and O–H groups in total. The van der Waals surface area contributed by atoms with Crippen molar-refractivity contribution in [1.29, 1.82) is 0 Å². The predicted molar refractivity (Wildman–Crippen MR) is 123 cm³/mol. The van der Waals surface area contributed by atoms with Gasteiger partial charge in [-0.25, -0.2) is 9.18 Å². The van der Waals surface area contributed by atoms with Crippen molar-refractivity contribution < 1.29 is 14.0 Å². The quantitative estimate of drug-likeness (QED) is 0.406. The molecule has 3 aromatic rings. The first kappa shape index (κ1) is 22.8. The van der Waals surface area contributed by atoms with Crippen LogP contribution in [0, 0.1) is 11.7 Å². The molecular formula is C21H21BrFN5O2S. The Balaban J connectivity index is 1.67. The van der Waals surface area contributed by atoms with E-state index in [4.69, 9.17) is 0 Å². The molecule has 31 heavy (non-hydrogen) atoms. The molecule has 1 heterocycles. The Hall–Kier alpha value is -2.85. The molecule has 0 spiro atoms. The lowest BCUT2D eigenvalue weighted by Gasteiger charge is -2.23. The smallest absolute Gasteiger partial charge is 0.319 e. The number of nitrogens with zero attached hydrogens (tertiary/aromatic N) is 2. The van der Waals surface area contributed by atoms with Gasteiger partial charge >= 0.3 is 6.03 Å². The highest BCUT2D eigenvalue weighted by Gasteiger charge is 2.27. The third-order valence-corrected chi connectivity index (χ3v) is 5.99. The Bertz CT molecular complexity index is 1060. The molecule has 7 nitrogen and oxygen atoms in total. The zero-order valence-electron chi connectivity index (χ0n) is 16.9. The molecule has 0 radical (unpaired) electrons. The largest absolute Gasteiger partial charge is 0.326 e. The molecule has 0 saturated heterocycles. The number of hydrogen-bond acceptors (Lipinski definition) is 5. The van der Waals surface area contributed by atoms with E-state index in [2.05, 4.69) is 42.1 Å². The van der Waals surface area contributed by atoms with Crippen molar-refractivity contribution in [2.24, 2.45) is 5.92 Å². The lowest BCUT2D eigenvalue weighted by Crippen LogP contribution is -2.49. The van der Waals surface area contributed by atoms with E-state index in [1.807, 2.05) is 19.9 Å². The van der Waals surface area contributed by atoms with E-state index in [0.29, 0.717) is 27.8 Å². The molecule has 0 unspecified atom stereocenters. The molecular weight excluding hydrogens is 485 g/mol. The van der Waals surface area contributed by atoms with Gasteiger partial charge in [0.25, 0.3) is 0 Å². The fraction of sp³-hybridized carbons (Fsp3) is 0.238. The highest BCUT2D eigenvalue weighted by Crippen LogP contribution is 2.26. The molecule has 10 heteroatoms. The van der Waals surface area contributed by atoms with Crippen LogP contribution in [0.25, 0.3) is 10.6 Å². The van der Waals surface area contributed by atoms with Gasteiger partial charge in [0.05, 0.1) is 0 Å². The van der Waals surface area contributed by atoms with Crippen LogP contribution in [0.3, 0.4) is 0 Å². The highest BCUT2D eigenvalue weighted by atomic mass is 79.9. The van der Waals surface area contributed by atoms with E-state index < -0.39 is 12.1 Å². The maximum absolute atomic E-state index is 13.1. The Kier molecular flexibility index (Phi) is 7.69. The molecule has 0 bridgehead atoms. The zero-order valence-corrected chi connectivity index (χ0v) is 19.3. The van der Waals surface area contributed by atoms with Crippen molar-refractivity contribution >= 4 is 50.0 Å². The maximum atomic E-state index is 13.1. The number of carbonyl (C=O) groups is 2. The van der Waals surface area contributed by atoms with Gasteiger partial charge in [0.15, 0.2) is 0 Å². The van der Waals surface area contributed by atoms with Crippen LogP contribution in [0.1, 0.15) is 20.3 Å². The van der Waals surface area contributed by atoms with Crippen molar-refractivity contribution in [3.05, 3.63) is 58.8 Å². The van der Waals surface area contributed by atoms with E-state index in [0.717, 1.165) is 4.47 Å². The summed E-state index contributed by atoms with van der Waals surface area (Å²) in [6.45, 7) is 3.82. The molecule has 2 atom stereocenters. The Morgan fingerprint density at radius 1 is 1.13 bits per heavy atom.